The van der Waals surface area contributed by atoms with E-state index in [4.69, 9.17) is 13.7 Å². The summed E-state index contributed by atoms with van der Waals surface area (Å²) in [5, 5.41) is 11.2. The van der Waals surface area contributed by atoms with Crippen LogP contribution in [0.25, 0.3) is 0 Å². The zero-order valence-corrected chi connectivity index (χ0v) is 18.7. The maximum Gasteiger partial charge on any atom is 0.297 e. The highest BCUT2D eigenvalue weighted by Crippen LogP contribution is 2.35. The molecule has 172 valence electrons. The normalized spacial score (nSPS) is 31.1. The first kappa shape index (κ1) is 21.8. The van der Waals surface area contributed by atoms with E-state index in [0.717, 1.165) is 31.7 Å². The standard InChI is InChI=1S/C23H28N2O6S/c1-16-7-9-18(10-8-16)32(27,28)31-22-21(26)20(19-15-29-23(22)30-19)25-13-11-24(12-14-25)17-5-3-2-4-6-17/h2-10,19-23,26H,11-15H2,1H3/t19-,20+,21-,22+,23-/m1/s1. The highest BCUT2D eigenvalue weighted by molar-refractivity contribution is 7.86. The third-order valence-electron chi connectivity index (χ3n) is 6.47. The highest BCUT2D eigenvalue weighted by Gasteiger charge is 2.54. The number of hydrogen-bond donors (Lipinski definition) is 1. The Morgan fingerprint density at radius 2 is 1.69 bits per heavy atom. The van der Waals surface area contributed by atoms with Crippen LogP contribution in [0.4, 0.5) is 5.69 Å². The summed E-state index contributed by atoms with van der Waals surface area (Å²) < 4.78 is 42.8. The van der Waals surface area contributed by atoms with Crippen molar-refractivity contribution in [1.29, 1.82) is 0 Å². The Labute approximate surface area is 188 Å². The minimum absolute atomic E-state index is 0.0449. The van der Waals surface area contributed by atoms with Gasteiger partial charge in [-0.2, -0.15) is 8.42 Å². The van der Waals surface area contributed by atoms with Gasteiger partial charge in [-0.05, 0) is 31.2 Å². The maximum atomic E-state index is 12.9. The summed E-state index contributed by atoms with van der Waals surface area (Å²) in [6.45, 7) is 5.23. The number of aryl methyl sites for hydroxylation is 1. The molecule has 2 aromatic rings. The number of nitrogens with zero attached hydrogens (tertiary/aromatic N) is 2. The van der Waals surface area contributed by atoms with Gasteiger partial charge in [0.1, 0.15) is 12.2 Å². The molecule has 3 heterocycles. The van der Waals surface area contributed by atoms with Gasteiger partial charge >= 0.3 is 0 Å². The Balaban J connectivity index is 1.30. The second kappa shape index (κ2) is 8.74. The third-order valence-corrected chi connectivity index (χ3v) is 7.80. The molecule has 8 nitrogen and oxygen atoms in total. The molecular formula is C23H28N2O6S. The zero-order valence-electron chi connectivity index (χ0n) is 17.9. The Bertz CT molecular complexity index is 1020. The van der Waals surface area contributed by atoms with Crippen molar-refractivity contribution < 1.29 is 27.2 Å². The van der Waals surface area contributed by atoms with Crippen LogP contribution in [0.15, 0.2) is 59.5 Å². The summed E-state index contributed by atoms with van der Waals surface area (Å²) in [6.07, 6.45) is -3.40. The maximum absolute atomic E-state index is 12.9. The molecule has 0 aromatic heterocycles. The second-order valence-electron chi connectivity index (χ2n) is 8.54. The molecule has 0 unspecified atom stereocenters. The molecular weight excluding hydrogens is 432 g/mol. The summed E-state index contributed by atoms with van der Waals surface area (Å²) in [6, 6.07) is 16.2. The summed E-state index contributed by atoms with van der Waals surface area (Å²) in [5.41, 5.74) is 2.11. The van der Waals surface area contributed by atoms with Crippen molar-refractivity contribution in [3.8, 4) is 0 Å². The second-order valence-corrected chi connectivity index (χ2v) is 10.1. The minimum atomic E-state index is -4.08. The Morgan fingerprint density at radius 1 is 1.00 bits per heavy atom. The number of para-hydroxylation sites is 1. The van der Waals surface area contributed by atoms with Crippen LogP contribution >= 0.6 is 0 Å². The SMILES string of the molecule is Cc1ccc(S(=O)(=O)O[C@@H]2[C@@H]3OC[C@@H](O3)[C@H](N3CCN(c4ccccc4)CC3)[C@H]2O)cc1. The molecule has 32 heavy (non-hydrogen) atoms. The number of aliphatic hydroxyl groups is 1. The van der Waals surface area contributed by atoms with Gasteiger partial charge < -0.3 is 19.5 Å². The van der Waals surface area contributed by atoms with Crippen LogP contribution in [0.3, 0.4) is 0 Å². The zero-order chi connectivity index (χ0) is 22.3. The lowest BCUT2D eigenvalue weighted by Gasteiger charge is -2.46. The van der Waals surface area contributed by atoms with Gasteiger partial charge in [0, 0.05) is 31.9 Å². The van der Waals surface area contributed by atoms with E-state index < -0.39 is 34.7 Å². The Morgan fingerprint density at radius 3 is 2.38 bits per heavy atom. The molecule has 0 amide bonds. The number of benzene rings is 2. The van der Waals surface area contributed by atoms with E-state index >= 15 is 0 Å². The first-order valence-corrected chi connectivity index (χ1v) is 12.3. The number of aliphatic hydroxyl groups excluding tert-OH is 1. The first-order valence-electron chi connectivity index (χ1n) is 10.9. The average molecular weight is 461 g/mol. The van der Waals surface area contributed by atoms with E-state index in [1.165, 1.54) is 17.8 Å². The first-order chi connectivity index (χ1) is 15.4. The molecule has 3 saturated heterocycles. The molecule has 2 bridgehead atoms. The fraction of sp³-hybridized carbons (Fsp3) is 0.478. The van der Waals surface area contributed by atoms with E-state index in [9.17, 15) is 13.5 Å². The largest absolute Gasteiger partial charge is 0.388 e. The molecule has 3 fully saturated rings. The van der Waals surface area contributed by atoms with Gasteiger partial charge in [0.25, 0.3) is 10.1 Å². The van der Waals surface area contributed by atoms with Crippen LogP contribution < -0.4 is 4.90 Å². The van der Waals surface area contributed by atoms with Crippen molar-refractivity contribution in [1.82, 2.24) is 4.90 Å². The van der Waals surface area contributed by atoms with Crippen molar-refractivity contribution in [3.63, 3.8) is 0 Å². The topological polar surface area (TPSA) is 88.5 Å². The summed E-state index contributed by atoms with van der Waals surface area (Å²) >= 11 is 0. The minimum Gasteiger partial charge on any atom is -0.388 e. The Kier molecular flexibility index (Phi) is 5.96. The van der Waals surface area contributed by atoms with Gasteiger partial charge in [-0.15, -0.1) is 0 Å². The molecule has 0 aliphatic carbocycles. The van der Waals surface area contributed by atoms with Gasteiger partial charge in [0.05, 0.1) is 17.5 Å². The summed E-state index contributed by atoms with van der Waals surface area (Å²) in [4.78, 5) is 4.51. The number of hydrogen-bond acceptors (Lipinski definition) is 8. The van der Waals surface area contributed by atoms with Crippen LogP contribution in [-0.2, 0) is 23.8 Å². The highest BCUT2D eigenvalue weighted by atomic mass is 32.2. The van der Waals surface area contributed by atoms with Crippen LogP contribution in [0.2, 0.25) is 0 Å². The molecule has 3 aliphatic rings. The van der Waals surface area contributed by atoms with Crippen LogP contribution in [0, 0.1) is 6.92 Å². The predicted molar refractivity (Wildman–Crippen MR) is 118 cm³/mol. The number of fused-ring (bicyclic) bond motifs is 2. The molecule has 0 spiro atoms. The number of piperazine rings is 1. The Hall–Kier alpha value is -2.01. The van der Waals surface area contributed by atoms with E-state index in [-0.39, 0.29) is 11.0 Å². The lowest BCUT2D eigenvalue weighted by molar-refractivity contribution is -0.208. The smallest absolute Gasteiger partial charge is 0.297 e. The van der Waals surface area contributed by atoms with E-state index in [2.05, 4.69) is 21.9 Å². The van der Waals surface area contributed by atoms with E-state index in [1.807, 2.05) is 25.1 Å². The molecule has 1 N–H and O–H groups in total. The fourth-order valence-electron chi connectivity index (χ4n) is 4.74. The predicted octanol–water partition coefficient (Wildman–Crippen LogP) is 1.38. The van der Waals surface area contributed by atoms with Gasteiger partial charge in [-0.25, -0.2) is 0 Å². The van der Waals surface area contributed by atoms with Crippen LogP contribution in [0.1, 0.15) is 5.56 Å². The van der Waals surface area contributed by atoms with E-state index in [1.54, 1.807) is 12.1 Å². The van der Waals surface area contributed by atoms with Crippen LogP contribution in [0.5, 0.6) is 0 Å². The molecule has 0 saturated carbocycles. The van der Waals surface area contributed by atoms with Gasteiger partial charge in [-0.3, -0.25) is 9.08 Å². The molecule has 5 atom stereocenters. The quantitative estimate of drug-likeness (QED) is 0.670. The molecule has 0 radical (unpaired) electrons. The summed E-state index contributed by atoms with van der Waals surface area (Å²) in [5.74, 6) is 0. The number of ether oxygens (including phenoxy) is 2. The van der Waals surface area contributed by atoms with Gasteiger partial charge in [-0.1, -0.05) is 35.9 Å². The fourth-order valence-corrected chi connectivity index (χ4v) is 5.82. The summed E-state index contributed by atoms with van der Waals surface area (Å²) in [7, 11) is -4.08. The van der Waals surface area contributed by atoms with Gasteiger partial charge in [0.15, 0.2) is 12.4 Å². The molecule has 9 heteroatoms. The number of anilines is 1. The average Bonchev–Trinajstić information content (AvgIpc) is 3.23. The molecule has 5 rings (SSSR count). The lowest BCUT2D eigenvalue weighted by atomic mass is 9.95. The van der Waals surface area contributed by atoms with Crippen molar-refractivity contribution in [3.05, 3.63) is 60.2 Å². The van der Waals surface area contributed by atoms with Crippen molar-refractivity contribution >= 4 is 15.8 Å². The van der Waals surface area contributed by atoms with Gasteiger partial charge in [0.2, 0.25) is 0 Å². The van der Waals surface area contributed by atoms with Crippen molar-refractivity contribution in [2.45, 2.75) is 42.5 Å². The van der Waals surface area contributed by atoms with Crippen LogP contribution in [-0.4, -0.2) is 81.9 Å². The lowest BCUT2D eigenvalue weighted by Crippen LogP contribution is -2.64. The van der Waals surface area contributed by atoms with Crippen molar-refractivity contribution in [2.24, 2.45) is 0 Å². The number of rotatable bonds is 5. The van der Waals surface area contributed by atoms with E-state index in [0.29, 0.717) is 6.61 Å². The third kappa shape index (κ3) is 4.16. The molecule has 2 aromatic carbocycles. The molecule has 3 aliphatic heterocycles. The monoisotopic (exact) mass is 460 g/mol. The van der Waals surface area contributed by atoms with Crippen molar-refractivity contribution in [2.75, 3.05) is 37.7 Å².